The minimum atomic E-state index is -0.484. The molecule has 2 aliphatic heterocycles. The second-order valence-electron chi connectivity index (χ2n) is 8.16. The van der Waals surface area contributed by atoms with E-state index in [0.29, 0.717) is 40.5 Å². The standard InChI is InChI=1S/C28H24N4O4S/c1-18-8-6-7-11-21(18)27-31-32-25(29)22(26(33)30-28(32)37-27)16-19-12-13-23(24(17-19)34-2)36-15-14-35-20-9-4-3-5-10-20/h3-13,16-17,29H,14-15H2,1-2H3. The Kier molecular flexibility index (Phi) is 7.04. The molecular formula is C28H24N4O4S. The van der Waals surface area contributed by atoms with Gasteiger partial charge in [-0.15, -0.1) is 0 Å². The number of amidine groups is 2. The summed E-state index contributed by atoms with van der Waals surface area (Å²) in [5.74, 6) is 1.32. The number of thioether (sulfide) groups is 1. The van der Waals surface area contributed by atoms with E-state index in [4.69, 9.17) is 19.6 Å². The van der Waals surface area contributed by atoms with Crippen LogP contribution in [-0.2, 0) is 4.79 Å². The fraction of sp³-hybridized carbons (Fsp3) is 0.143. The van der Waals surface area contributed by atoms with Crippen LogP contribution in [0.15, 0.2) is 88.5 Å². The van der Waals surface area contributed by atoms with Gasteiger partial charge in [-0.3, -0.25) is 10.2 Å². The Labute approximate surface area is 218 Å². The quantitative estimate of drug-likeness (QED) is 0.332. The first-order chi connectivity index (χ1) is 18.0. The number of aliphatic imine (C=N–C) groups is 1. The van der Waals surface area contributed by atoms with Gasteiger partial charge in [0.15, 0.2) is 17.3 Å². The van der Waals surface area contributed by atoms with Gasteiger partial charge in [0.1, 0.15) is 24.0 Å². The summed E-state index contributed by atoms with van der Waals surface area (Å²) in [6.07, 6.45) is 1.61. The number of nitrogens with zero attached hydrogens (tertiary/aromatic N) is 3. The van der Waals surface area contributed by atoms with Gasteiger partial charge in [-0.2, -0.15) is 15.1 Å². The normalized spacial score (nSPS) is 15.8. The molecule has 37 heavy (non-hydrogen) atoms. The van der Waals surface area contributed by atoms with Crippen LogP contribution in [0.1, 0.15) is 16.7 Å². The molecule has 2 aliphatic rings. The van der Waals surface area contributed by atoms with E-state index in [1.54, 1.807) is 31.4 Å². The van der Waals surface area contributed by atoms with E-state index in [-0.39, 0.29) is 11.4 Å². The lowest BCUT2D eigenvalue weighted by Gasteiger charge is -2.20. The SMILES string of the molecule is COc1cc(C=C2C(=N)N3N=C(c4ccccc4C)SC3=NC2=O)ccc1OCCOc1ccccc1. The zero-order chi connectivity index (χ0) is 25.8. The van der Waals surface area contributed by atoms with Crippen molar-refractivity contribution in [3.05, 3.63) is 95.1 Å². The Morgan fingerprint density at radius 1 is 0.973 bits per heavy atom. The maximum atomic E-state index is 12.8. The molecule has 0 saturated carbocycles. The molecule has 0 aliphatic carbocycles. The van der Waals surface area contributed by atoms with Crippen molar-refractivity contribution in [1.82, 2.24) is 5.01 Å². The summed E-state index contributed by atoms with van der Waals surface area (Å²) in [5.41, 5.74) is 2.83. The Morgan fingerprint density at radius 3 is 2.51 bits per heavy atom. The van der Waals surface area contributed by atoms with Crippen LogP contribution in [0.2, 0.25) is 0 Å². The third kappa shape index (κ3) is 5.26. The summed E-state index contributed by atoms with van der Waals surface area (Å²) < 4.78 is 17.0. The third-order valence-electron chi connectivity index (χ3n) is 5.68. The van der Waals surface area contributed by atoms with E-state index in [9.17, 15) is 4.79 Å². The van der Waals surface area contributed by atoms with Gasteiger partial charge < -0.3 is 14.2 Å². The van der Waals surface area contributed by atoms with Crippen LogP contribution < -0.4 is 14.2 Å². The highest BCUT2D eigenvalue weighted by Crippen LogP contribution is 2.33. The van der Waals surface area contributed by atoms with Gasteiger partial charge in [-0.1, -0.05) is 48.5 Å². The van der Waals surface area contributed by atoms with Gasteiger partial charge >= 0.3 is 0 Å². The topological polar surface area (TPSA) is 96.6 Å². The van der Waals surface area contributed by atoms with E-state index < -0.39 is 5.91 Å². The van der Waals surface area contributed by atoms with Crippen molar-refractivity contribution in [2.75, 3.05) is 20.3 Å². The molecular weight excluding hydrogens is 488 g/mol. The number of carbonyl (C=O) groups is 1. The van der Waals surface area contributed by atoms with Gasteiger partial charge in [0.05, 0.1) is 12.7 Å². The second kappa shape index (κ2) is 10.7. The van der Waals surface area contributed by atoms with Gasteiger partial charge in [-0.25, -0.2) is 0 Å². The smallest absolute Gasteiger partial charge is 0.283 e. The van der Waals surface area contributed by atoms with Gasteiger partial charge in [0, 0.05) is 5.56 Å². The summed E-state index contributed by atoms with van der Waals surface area (Å²) in [6, 6.07) is 22.7. The van der Waals surface area contributed by atoms with Crippen LogP contribution in [-0.4, -0.2) is 47.3 Å². The second-order valence-corrected chi connectivity index (χ2v) is 9.12. The van der Waals surface area contributed by atoms with Crippen LogP contribution in [0.25, 0.3) is 6.08 Å². The minimum absolute atomic E-state index is 0.0246. The molecule has 0 spiro atoms. The lowest BCUT2D eigenvalue weighted by atomic mass is 10.1. The molecule has 0 unspecified atom stereocenters. The Hall–Kier alpha value is -4.37. The van der Waals surface area contributed by atoms with Gasteiger partial charge in [0.25, 0.3) is 5.91 Å². The molecule has 3 aromatic rings. The zero-order valence-corrected chi connectivity index (χ0v) is 21.1. The molecule has 9 heteroatoms. The molecule has 0 fully saturated rings. The molecule has 2 heterocycles. The largest absolute Gasteiger partial charge is 0.493 e. The maximum absolute atomic E-state index is 12.8. The first-order valence-electron chi connectivity index (χ1n) is 11.6. The van der Waals surface area contributed by atoms with E-state index in [2.05, 4.69) is 10.1 Å². The number of rotatable bonds is 8. The molecule has 3 aromatic carbocycles. The van der Waals surface area contributed by atoms with E-state index >= 15 is 0 Å². The van der Waals surface area contributed by atoms with Crippen molar-refractivity contribution in [3.8, 4) is 17.2 Å². The van der Waals surface area contributed by atoms with Crippen LogP contribution in [0, 0.1) is 12.3 Å². The summed E-state index contributed by atoms with van der Waals surface area (Å²) in [5, 5.41) is 15.7. The summed E-state index contributed by atoms with van der Waals surface area (Å²) in [4.78, 5) is 17.0. The van der Waals surface area contributed by atoms with Crippen LogP contribution in [0.3, 0.4) is 0 Å². The predicted molar refractivity (Wildman–Crippen MR) is 146 cm³/mol. The molecule has 0 aromatic heterocycles. The number of hydrazone groups is 1. The average Bonchev–Trinajstić information content (AvgIpc) is 3.34. The minimum Gasteiger partial charge on any atom is -0.493 e. The number of aryl methyl sites for hydroxylation is 1. The fourth-order valence-electron chi connectivity index (χ4n) is 3.80. The molecule has 5 rings (SSSR count). The van der Waals surface area contributed by atoms with Crippen molar-refractivity contribution in [3.63, 3.8) is 0 Å². The lowest BCUT2D eigenvalue weighted by molar-refractivity contribution is -0.114. The first-order valence-corrected chi connectivity index (χ1v) is 12.4. The molecule has 0 bridgehead atoms. The summed E-state index contributed by atoms with van der Waals surface area (Å²) in [6.45, 7) is 2.71. The highest BCUT2D eigenvalue weighted by atomic mass is 32.2. The van der Waals surface area contributed by atoms with Crippen molar-refractivity contribution in [2.24, 2.45) is 10.1 Å². The zero-order valence-electron chi connectivity index (χ0n) is 20.3. The Morgan fingerprint density at radius 2 is 1.73 bits per heavy atom. The molecule has 1 amide bonds. The number of fused-ring (bicyclic) bond motifs is 1. The van der Waals surface area contributed by atoms with E-state index in [1.165, 1.54) is 16.8 Å². The van der Waals surface area contributed by atoms with Crippen molar-refractivity contribution < 1.29 is 19.0 Å². The van der Waals surface area contributed by atoms with Gasteiger partial charge in [-0.05, 0) is 60.2 Å². The highest BCUT2D eigenvalue weighted by molar-refractivity contribution is 8.27. The first kappa shape index (κ1) is 24.3. The molecule has 1 N–H and O–H groups in total. The lowest BCUT2D eigenvalue weighted by Crippen LogP contribution is -2.35. The predicted octanol–water partition coefficient (Wildman–Crippen LogP) is 5.13. The number of methoxy groups -OCH3 is 1. The van der Waals surface area contributed by atoms with Gasteiger partial charge in [0.2, 0.25) is 5.17 Å². The number of nitrogens with one attached hydrogen (secondary N) is 1. The van der Waals surface area contributed by atoms with Crippen LogP contribution in [0.4, 0.5) is 0 Å². The van der Waals surface area contributed by atoms with Crippen molar-refractivity contribution in [1.29, 1.82) is 5.41 Å². The molecule has 0 atom stereocenters. The molecule has 0 saturated heterocycles. The molecule has 0 radical (unpaired) electrons. The highest BCUT2D eigenvalue weighted by Gasteiger charge is 2.36. The van der Waals surface area contributed by atoms with Crippen LogP contribution in [0.5, 0.6) is 17.2 Å². The average molecular weight is 513 g/mol. The number of carbonyl (C=O) groups excluding carboxylic acids is 1. The number of para-hydroxylation sites is 1. The number of amides is 1. The number of benzene rings is 3. The Bertz CT molecular complexity index is 1450. The fourth-order valence-corrected chi connectivity index (χ4v) is 4.78. The number of ether oxygens (including phenoxy) is 3. The third-order valence-corrected chi connectivity index (χ3v) is 6.62. The van der Waals surface area contributed by atoms with Crippen LogP contribution >= 0.6 is 11.8 Å². The summed E-state index contributed by atoms with van der Waals surface area (Å²) in [7, 11) is 1.55. The molecule has 8 nitrogen and oxygen atoms in total. The van der Waals surface area contributed by atoms with Crippen molar-refractivity contribution >= 4 is 39.8 Å². The van der Waals surface area contributed by atoms with E-state index in [0.717, 1.165) is 16.9 Å². The Balaban J connectivity index is 1.30. The maximum Gasteiger partial charge on any atom is 0.283 e. The monoisotopic (exact) mass is 512 g/mol. The number of hydrogen-bond donors (Lipinski definition) is 1. The van der Waals surface area contributed by atoms with E-state index in [1.807, 2.05) is 61.5 Å². The summed E-state index contributed by atoms with van der Waals surface area (Å²) >= 11 is 1.28. The number of hydrogen-bond acceptors (Lipinski definition) is 7. The van der Waals surface area contributed by atoms with Crippen molar-refractivity contribution in [2.45, 2.75) is 6.92 Å². The molecule has 186 valence electrons.